The Bertz CT molecular complexity index is 179. The lowest BCUT2D eigenvalue weighted by Gasteiger charge is -2.35. The van der Waals surface area contributed by atoms with Gasteiger partial charge in [0.2, 0.25) is 0 Å². The molecule has 0 amide bonds. The zero-order valence-electron chi connectivity index (χ0n) is 11.9. The monoisotopic (exact) mass is 242 g/mol. The fourth-order valence-corrected chi connectivity index (χ4v) is 2.58. The smallest absolute Gasteiger partial charge is 0.0474 e. The summed E-state index contributed by atoms with van der Waals surface area (Å²) in [6.45, 7) is 10.3. The standard InChI is InChI=1S/C14H30N2O/c1-4-14-6-9-16(10-7-14)13(2)12-15-8-5-11-17-3/h13-15H,4-12H2,1-3H3. The molecule has 1 rings (SSSR count). The summed E-state index contributed by atoms with van der Waals surface area (Å²) < 4.78 is 5.04. The molecule has 0 aliphatic carbocycles. The molecule has 0 aromatic carbocycles. The SMILES string of the molecule is CCC1CCN(C(C)CNCCCOC)CC1. The average Bonchev–Trinajstić information content (AvgIpc) is 2.38. The molecule has 1 aliphatic heterocycles. The second kappa shape index (κ2) is 8.90. The molecule has 0 aromatic heterocycles. The highest BCUT2D eigenvalue weighted by molar-refractivity contribution is 4.76. The van der Waals surface area contributed by atoms with Crippen LogP contribution in [0, 0.1) is 5.92 Å². The lowest BCUT2D eigenvalue weighted by atomic mass is 9.94. The molecule has 17 heavy (non-hydrogen) atoms. The molecule has 1 saturated heterocycles. The number of nitrogens with one attached hydrogen (secondary N) is 1. The van der Waals surface area contributed by atoms with E-state index < -0.39 is 0 Å². The number of likely N-dealkylation sites (tertiary alicyclic amines) is 1. The lowest BCUT2D eigenvalue weighted by molar-refractivity contribution is 0.136. The van der Waals surface area contributed by atoms with Crippen molar-refractivity contribution in [2.75, 3.05) is 39.9 Å². The van der Waals surface area contributed by atoms with Gasteiger partial charge in [-0.3, -0.25) is 4.90 Å². The van der Waals surface area contributed by atoms with Gasteiger partial charge in [0.15, 0.2) is 0 Å². The summed E-state index contributed by atoms with van der Waals surface area (Å²) in [6.07, 6.45) is 5.26. The van der Waals surface area contributed by atoms with E-state index in [1.165, 1.54) is 32.4 Å². The number of piperidine rings is 1. The number of ether oxygens (including phenoxy) is 1. The van der Waals surface area contributed by atoms with Crippen molar-refractivity contribution in [2.24, 2.45) is 5.92 Å². The first-order valence-corrected chi connectivity index (χ1v) is 7.21. The minimum absolute atomic E-state index is 0.676. The Morgan fingerprint density at radius 1 is 1.35 bits per heavy atom. The number of rotatable bonds is 8. The van der Waals surface area contributed by atoms with Crippen molar-refractivity contribution in [3.63, 3.8) is 0 Å². The molecule has 1 fully saturated rings. The van der Waals surface area contributed by atoms with Crippen LogP contribution in [0.1, 0.15) is 39.5 Å². The first-order valence-electron chi connectivity index (χ1n) is 7.21. The summed E-state index contributed by atoms with van der Waals surface area (Å²) in [5.74, 6) is 0.980. The van der Waals surface area contributed by atoms with Gasteiger partial charge < -0.3 is 10.1 Å². The van der Waals surface area contributed by atoms with E-state index in [0.717, 1.165) is 32.0 Å². The van der Waals surface area contributed by atoms with Crippen LogP contribution in [-0.2, 0) is 4.74 Å². The second-order valence-electron chi connectivity index (χ2n) is 5.29. The Morgan fingerprint density at radius 2 is 2.06 bits per heavy atom. The van der Waals surface area contributed by atoms with Crippen LogP contribution in [0.5, 0.6) is 0 Å². The molecule has 3 heteroatoms. The fraction of sp³-hybridized carbons (Fsp3) is 1.00. The fourth-order valence-electron chi connectivity index (χ4n) is 2.58. The highest BCUT2D eigenvalue weighted by Crippen LogP contribution is 2.21. The van der Waals surface area contributed by atoms with Crippen molar-refractivity contribution in [3.05, 3.63) is 0 Å². The highest BCUT2D eigenvalue weighted by atomic mass is 16.5. The Morgan fingerprint density at radius 3 is 2.65 bits per heavy atom. The van der Waals surface area contributed by atoms with Gasteiger partial charge in [-0.05, 0) is 51.7 Å². The van der Waals surface area contributed by atoms with E-state index in [9.17, 15) is 0 Å². The second-order valence-corrected chi connectivity index (χ2v) is 5.29. The summed E-state index contributed by atoms with van der Waals surface area (Å²) in [7, 11) is 1.76. The molecule has 0 radical (unpaired) electrons. The van der Waals surface area contributed by atoms with Crippen LogP contribution in [0.4, 0.5) is 0 Å². The average molecular weight is 242 g/mol. The van der Waals surface area contributed by atoms with E-state index in [1.807, 2.05) is 0 Å². The normalized spacial score (nSPS) is 20.6. The van der Waals surface area contributed by atoms with Crippen LogP contribution in [0.2, 0.25) is 0 Å². The molecular formula is C14H30N2O. The third-order valence-electron chi connectivity index (χ3n) is 3.99. The molecule has 1 aliphatic rings. The van der Waals surface area contributed by atoms with Crippen LogP contribution < -0.4 is 5.32 Å². The number of hydrogen-bond donors (Lipinski definition) is 1. The van der Waals surface area contributed by atoms with Gasteiger partial charge in [0.05, 0.1) is 0 Å². The van der Waals surface area contributed by atoms with E-state index >= 15 is 0 Å². The van der Waals surface area contributed by atoms with Crippen molar-refractivity contribution in [3.8, 4) is 0 Å². The predicted octanol–water partition coefficient (Wildman–Crippen LogP) is 2.12. The molecule has 0 saturated carbocycles. The van der Waals surface area contributed by atoms with Crippen LogP contribution >= 0.6 is 0 Å². The van der Waals surface area contributed by atoms with Gasteiger partial charge >= 0.3 is 0 Å². The van der Waals surface area contributed by atoms with Gasteiger partial charge in [0.25, 0.3) is 0 Å². The molecule has 0 spiro atoms. The highest BCUT2D eigenvalue weighted by Gasteiger charge is 2.21. The topological polar surface area (TPSA) is 24.5 Å². The van der Waals surface area contributed by atoms with Gasteiger partial charge in [0, 0.05) is 26.3 Å². The summed E-state index contributed by atoms with van der Waals surface area (Å²) >= 11 is 0. The van der Waals surface area contributed by atoms with Gasteiger partial charge in [-0.15, -0.1) is 0 Å². The van der Waals surface area contributed by atoms with E-state index in [1.54, 1.807) is 7.11 Å². The molecule has 1 heterocycles. The first kappa shape index (κ1) is 14.9. The Kier molecular flexibility index (Phi) is 7.82. The predicted molar refractivity (Wildman–Crippen MR) is 73.4 cm³/mol. The summed E-state index contributed by atoms with van der Waals surface area (Å²) in [6, 6.07) is 0.676. The number of hydrogen-bond acceptors (Lipinski definition) is 3. The van der Waals surface area contributed by atoms with E-state index in [2.05, 4.69) is 24.1 Å². The third-order valence-corrected chi connectivity index (χ3v) is 3.99. The maximum Gasteiger partial charge on any atom is 0.0474 e. The maximum atomic E-state index is 5.04. The van der Waals surface area contributed by atoms with Gasteiger partial charge in [0.1, 0.15) is 0 Å². The molecule has 102 valence electrons. The van der Waals surface area contributed by atoms with Crippen LogP contribution in [0.3, 0.4) is 0 Å². The van der Waals surface area contributed by atoms with Crippen LogP contribution in [-0.4, -0.2) is 50.8 Å². The molecule has 3 nitrogen and oxygen atoms in total. The summed E-state index contributed by atoms with van der Waals surface area (Å²) in [4.78, 5) is 2.63. The van der Waals surface area contributed by atoms with E-state index in [0.29, 0.717) is 6.04 Å². The molecule has 0 aromatic rings. The van der Waals surface area contributed by atoms with Crippen molar-refractivity contribution in [2.45, 2.75) is 45.6 Å². The van der Waals surface area contributed by atoms with Crippen molar-refractivity contribution < 1.29 is 4.74 Å². The lowest BCUT2D eigenvalue weighted by Crippen LogP contribution is -2.44. The number of nitrogens with zero attached hydrogens (tertiary/aromatic N) is 1. The first-order chi connectivity index (χ1) is 8.27. The van der Waals surface area contributed by atoms with Crippen LogP contribution in [0.25, 0.3) is 0 Å². The quantitative estimate of drug-likeness (QED) is 0.660. The van der Waals surface area contributed by atoms with Crippen LogP contribution in [0.15, 0.2) is 0 Å². The van der Waals surface area contributed by atoms with Crippen molar-refractivity contribution >= 4 is 0 Å². The van der Waals surface area contributed by atoms with Crippen molar-refractivity contribution in [1.82, 2.24) is 10.2 Å². The minimum atomic E-state index is 0.676. The molecule has 1 unspecified atom stereocenters. The molecular weight excluding hydrogens is 212 g/mol. The minimum Gasteiger partial charge on any atom is -0.385 e. The van der Waals surface area contributed by atoms with E-state index in [4.69, 9.17) is 4.74 Å². The molecule has 0 bridgehead atoms. The maximum absolute atomic E-state index is 5.04. The largest absolute Gasteiger partial charge is 0.385 e. The van der Waals surface area contributed by atoms with Gasteiger partial charge in [-0.1, -0.05) is 13.3 Å². The van der Waals surface area contributed by atoms with E-state index in [-0.39, 0.29) is 0 Å². The van der Waals surface area contributed by atoms with Gasteiger partial charge in [-0.2, -0.15) is 0 Å². The number of methoxy groups -OCH3 is 1. The van der Waals surface area contributed by atoms with Gasteiger partial charge in [-0.25, -0.2) is 0 Å². The zero-order chi connectivity index (χ0) is 12.5. The summed E-state index contributed by atoms with van der Waals surface area (Å²) in [5.41, 5.74) is 0. The summed E-state index contributed by atoms with van der Waals surface area (Å²) in [5, 5.41) is 3.52. The van der Waals surface area contributed by atoms with Crippen molar-refractivity contribution in [1.29, 1.82) is 0 Å². The Hall–Kier alpha value is -0.120. The molecule has 1 N–H and O–H groups in total. The molecule has 1 atom stereocenters. The third kappa shape index (κ3) is 5.84. The zero-order valence-corrected chi connectivity index (χ0v) is 11.9. The Balaban J connectivity index is 2.05. The Labute approximate surface area is 107 Å².